The van der Waals surface area contributed by atoms with E-state index in [1.807, 2.05) is 7.05 Å². The van der Waals surface area contributed by atoms with Gasteiger partial charge in [-0.15, -0.1) is 0 Å². The lowest BCUT2D eigenvalue weighted by molar-refractivity contribution is -0.174. The zero-order valence-electron chi connectivity index (χ0n) is 12.4. The fraction of sp³-hybridized carbons (Fsp3) is 1.00. The van der Waals surface area contributed by atoms with E-state index in [2.05, 4.69) is 5.32 Å². The Balaban J connectivity index is 1.77. The van der Waals surface area contributed by atoms with Gasteiger partial charge in [0.25, 0.3) is 0 Å². The molecule has 7 heteroatoms. The van der Waals surface area contributed by atoms with E-state index < -0.39 is 12.8 Å². The van der Waals surface area contributed by atoms with E-state index >= 15 is 0 Å². The monoisotopic (exact) mass is 311 g/mol. The summed E-state index contributed by atoms with van der Waals surface area (Å²) in [4.78, 5) is 0. The van der Waals surface area contributed by atoms with Crippen LogP contribution in [0.4, 0.5) is 13.2 Å². The maximum atomic E-state index is 12.0. The van der Waals surface area contributed by atoms with Crippen LogP contribution in [-0.4, -0.2) is 57.9 Å². The van der Waals surface area contributed by atoms with Crippen LogP contribution < -0.4 is 5.32 Å². The molecule has 2 rings (SSSR count). The van der Waals surface area contributed by atoms with E-state index in [1.165, 1.54) is 0 Å². The number of ether oxygens (including phenoxy) is 3. The van der Waals surface area contributed by atoms with E-state index in [0.717, 1.165) is 25.9 Å². The Morgan fingerprint density at radius 3 is 2.81 bits per heavy atom. The summed E-state index contributed by atoms with van der Waals surface area (Å²) in [5, 5.41) is 3.22. The highest BCUT2D eigenvalue weighted by molar-refractivity contribution is 4.93. The molecule has 0 aromatic rings. The maximum Gasteiger partial charge on any atom is 0.411 e. The zero-order chi connectivity index (χ0) is 15.3. The lowest BCUT2D eigenvalue weighted by Crippen LogP contribution is -2.47. The van der Waals surface area contributed by atoms with Crippen LogP contribution in [0.15, 0.2) is 0 Å². The molecule has 0 aromatic heterocycles. The largest absolute Gasteiger partial charge is 0.411 e. The molecule has 0 bridgehead atoms. The van der Waals surface area contributed by atoms with Gasteiger partial charge in [-0.25, -0.2) is 0 Å². The van der Waals surface area contributed by atoms with Crippen molar-refractivity contribution >= 4 is 0 Å². The number of nitrogens with one attached hydrogen (secondary N) is 1. The third-order valence-corrected chi connectivity index (χ3v) is 4.38. The van der Waals surface area contributed by atoms with Gasteiger partial charge in [0.15, 0.2) is 0 Å². The maximum absolute atomic E-state index is 12.0. The summed E-state index contributed by atoms with van der Waals surface area (Å²) in [6.45, 7) is 0.993. The molecule has 1 spiro atoms. The number of alkyl halides is 3. The first-order valence-corrected chi connectivity index (χ1v) is 7.48. The third kappa shape index (κ3) is 5.09. The molecule has 3 atom stereocenters. The first kappa shape index (κ1) is 17.0. The Morgan fingerprint density at radius 2 is 2.19 bits per heavy atom. The third-order valence-electron chi connectivity index (χ3n) is 4.38. The first-order chi connectivity index (χ1) is 9.94. The molecule has 0 saturated carbocycles. The first-order valence-electron chi connectivity index (χ1n) is 7.48. The van der Waals surface area contributed by atoms with Gasteiger partial charge in [0.2, 0.25) is 0 Å². The minimum Gasteiger partial charge on any atom is -0.378 e. The van der Waals surface area contributed by atoms with Gasteiger partial charge in [-0.3, -0.25) is 0 Å². The summed E-state index contributed by atoms with van der Waals surface area (Å²) < 4.78 is 52.2. The van der Waals surface area contributed by atoms with Crippen LogP contribution in [-0.2, 0) is 14.2 Å². The molecule has 2 saturated heterocycles. The van der Waals surface area contributed by atoms with Crippen molar-refractivity contribution in [2.75, 3.05) is 40.1 Å². The predicted octanol–water partition coefficient (Wildman–Crippen LogP) is 2.13. The quantitative estimate of drug-likeness (QED) is 0.763. The van der Waals surface area contributed by atoms with Crippen molar-refractivity contribution in [1.29, 1.82) is 0 Å². The molecule has 124 valence electrons. The molecule has 0 aliphatic carbocycles. The van der Waals surface area contributed by atoms with Gasteiger partial charge in [0.1, 0.15) is 6.61 Å². The molecule has 0 aromatic carbocycles. The molecule has 3 unspecified atom stereocenters. The average Bonchev–Trinajstić information content (AvgIpc) is 2.85. The Kier molecular flexibility index (Phi) is 5.88. The van der Waals surface area contributed by atoms with Gasteiger partial charge in [-0.2, -0.15) is 13.2 Å². The van der Waals surface area contributed by atoms with Crippen molar-refractivity contribution in [3.05, 3.63) is 0 Å². The van der Waals surface area contributed by atoms with Gasteiger partial charge in [0.05, 0.1) is 12.2 Å². The number of hydrogen-bond acceptors (Lipinski definition) is 4. The Bertz CT molecular complexity index is 319. The van der Waals surface area contributed by atoms with Crippen LogP contribution in [0.25, 0.3) is 0 Å². The number of rotatable bonds is 6. The van der Waals surface area contributed by atoms with E-state index in [9.17, 15) is 13.2 Å². The van der Waals surface area contributed by atoms with Gasteiger partial charge in [0, 0.05) is 32.3 Å². The Hall–Kier alpha value is -0.370. The zero-order valence-corrected chi connectivity index (χ0v) is 12.4. The Morgan fingerprint density at radius 1 is 1.38 bits per heavy atom. The van der Waals surface area contributed by atoms with Crippen molar-refractivity contribution in [1.82, 2.24) is 5.32 Å². The molecule has 0 radical (unpaired) electrons. The van der Waals surface area contributed by atoms with Gasteiger partial charge >= 0.3 is 6.18 Å². The summed E-state index contributed by atoms with van der Waals surface area (Å²) >= 11 is 0. The van der Waals surface area contributed by atoms with Gasteiger partial charge < -0.3 is 19.5 Å². The van der Waals surface area contributed by atoms with Gasteiger partial charge in [-0.05, 0) is 32.2 Å². The molecule has 2 aliphatic heterocycles. The van der Waals surface area contributed by atoms with Crippen molar-refractivity contribution in [3.8, 4) is 0 Å². The Labute approximate surface area is 123 Å². The van der Waals surface area contributed by atoms with Crippen LogP contribution in [0.5, 0.6) is 0 Å². The highest BCUT2D eigenvalue weighted by atomic mass is 19.4. The fourth-order valence-electron chi connectivity index (χ4n) is 3.29. The topological polar surface area (TPSA) is 39.7 Å². The lowest BCUT2D eigenvalue weighted by atomic mass is 9.80. The molecular formula is C14H24F3NO3. The van der Waals surface area contributed by atoms with E-state index in [0.29, 0.717) is 25.6 Å². The molecule has 2 aliphatic rings. The summed E-state index contributed by atoms with van der Waals surface area (Å²) in [6.07, 6.45) is -0.942. The molecule has 4 nitrogen and oxygen atoms in total. The summed E-state index contributed by atoms with van der Waals surface area (Å²) in [6, 6.07) is 0.152. The molecule has 0 amide bonds. The normalized spacial score (nSPS) is 31.7. The summed E-state index contributed by atoms with van der Waals surface area (Å²) in [5.41, 5.74) is -0.176. The SMILES string of the molecule is CNC(CCOCC(F)(F)F)C1CCOC2(CCOC2)C1. The van der Waals surface area contributed by atoms with Crippen molar-refractivity contribution in [3.63, 3.8) is 0 Å². The smallest absolute Gasteiger partial charge is 0.378 e. The van der Waals surface area contributed by atoms with Crippen molar-refractivity contribution < 1.29 is 27.4 Å². The molecule has 1 N–H and O–H groups in total. The molecule has 2 fully saturated rings. The second kappa shape index (κ2) is 7.26. The van der Waals surface area contributed by atoms with Crippen LogP contribution in [0.3, 0.4) is 0 Å². The molecule has 2 heterocycles. The van der Waals surface area contributed by atoms with Crippen LogP contribution in [0, 0.1) is 5.92 Å². The minimum atomic E-state index is -4.25. The van der Waals surface area contributed by atoms with Crippen LogP contribution >= 0.6 is 0 Å². The minimum absolute atomic E-state index is 0.117. The second-order valence-corrected chi connectivity index (χ2v) is 5.94. The standard InChI is InChI=1S/C14H24F3NO3/c1-18-12(3-5-19-10-14(15,16)17)11-2-6-21-13(8-11)4-7-20-9-13/h11-12,18H,2-10H2,1H3. The molecular weight excluding hydrogens is 287 g/mol. The fourth-order valence-corrected chi connectivity index (χ4v) is 3.29. The van der Waals surface area contributed by atoms with Gasteiger partial charge in [-0.1, -0.05) is 0 Å². The summed E-state index contributed by atoms with van der Waals surface area (Å²) in [5.74, 6) is 0.389. The second-order valence-electron chi connectivity index (χ2n) is 5.94. The van der Waals surface area contributed by atoms with Crippen LogP contribution in [0.2, 0.25) is 0 Å². The lowest BCUT2D eigenvalue weighted by Gasteiger charge is -2.40. The predicted molar refractivity (Wildman–Crippen MR) is 71.2 cm³/mol. The number of halogens is 3. The van der Waals surface area contributed by atoms with E-state index in [-0.39, 0.29) is 18.2 Å². The highest BCUT2D eigenvalue weighted by Gasteiger charge is 2.42. The van der Waals surface area contributed by atoms with Crippen LogP contribution in [0.1, 0.15) is 25.7 Å². The average molecular weight is 311 g/mol. The van der Waals surface area contributed by atoms with Crippen molar-refractivity contribution in [2.45, 2.75) is 43.5 Å². The van der Waals surface area contributed by atoms with E-state index in [4.69, 9.17) is 14.2 Å². The number of hydrogen-bond donors (Lipinski definition) is 1. The highest BCUT2D eigenvalue weighted by Crippen LogP contribution is 2.37. The molecule has 21 heavy (non-hydrogen) atoms. The van der Waals surface area contributed by atoms with E-state index in [1.54, 1.807) is 0 Å². The summed E-state index contributed by atoms with van der Waals surface area (Å²) in [7, 11) is 1.85. The van der Waals surface area contributed by atoms with Crippen molar-refractivity contribution in [2.24, 2.45) is 5.92 Å².